The quantitative estimate of drug-likeness (QED) is 0.847. The van der Waals surface area contributed by atoms with Gasteiger partial charge in [-0.25, -0.2) is 0 Å². The number of amidine groups is 1. The van der Waals surface area contributed by atoms with Crippen molar-refractivity contribution < 1.29 is 21.1 Å². The Morgan fingerprint density at radius 2 is 2.07 bits per heavy atom. The summed E-state index contributed by atoms with van der Waals surface area (Å²) in [5, 5.41) is 8.23. The van der Waals surface area contributed by atoms with E-state index in [1.807, 2.05) is 18.2 Å². The number of thioether (sulfide) groups is 1. The summed E-state index contributed by atoms with van der Waals surface area (Å²) in [7, 11) is 0. The number of rotatable bonds is 2. The molecule has 1 atom stereocenters. The van der Waals surface area contributed by atoms with Crippen LogP contribution in [-0.4, -0.2) is 9.17 Å². The minimum absolute atomic E-state index is 0.609. The second-order valence-electron chi connectivity index (χ2n) is 2.95. The third kappa shape index (κ3) is 3.25. The van der Waals surface area contributed by atoms with Gasteiger partial charge in [0.15, 0.2) is 0 Å². The van der Waals surface area contributed by atoms with Gasteiger partial charge in [-0.05, 0) is 0 Å². The number of nitrogens with two attached hydrogens (primary N) is 1. The number of hydrogen-bond acceptors (Lipinski definition) is 5. The molecule has 1 unspecified atom stereocenters. The van der Waals surface area contributed by atoms with Gasteiger partial charge in [0, 0.05) is 0 Å². The van der Waals surface area contributed by atoms with Gasteiger partial charge in [-0.1, -0.05) is 0 Å². The van der Waals surface area contributed by atoms with Gasteiger partial charge in [-0.15, -0.1) is 0 Å². The summed E-state index contributed by atoms with van der Waals surface area (Å²) in [6.07, 6.45) is 0. The van der Waals surface area contributed by atoms with Crippen LogP contribution in [-0.2, 0) is 26.8 Å². The molecule has 0 amide bonds. The first kappa shape index (κ1) is 11.0. The standard InChI is InChI=1S/C9H9N4S.Ag/c10-8-11-9(13-12-8)14-6-7-4-2-1-3-5-7;/h1-5H,6,10H2;. The molecule has 1 heterocycles. The Hall–Kier alpha value is -0.460. The van der Waals surface area contributed by atoms with Gasteiger partial charge in [-0.2, -0.15) is 0 Å². The molecule has 82 valence electrons. The zero-order valence-electron chi connectivity index (χ0n) is 7.72. The van der Waals surface area contributed by atoms with Gasteiger partial charge in [0.05, 0.1) is 0 Å². The maximum atomic E-state index is 5.59. The Labute approximate surface area is 104 Å². The molecule has 15 heavy (non-hydrogen) atoms. The minimum atomic E-state index is -1.05. The Morgan fingerprint density at radius 3 is 2.67 bits per heavy atom. The summed E-state index contributed by atoms with van der Waals surface area (Å²) in [5.74, 6) is 0.821. The Bertz CT molecular complexity index is 402. The summed E-state index contributed by atoms with van der Waals surface area (Å²) < 4.78 is -1.05. The van der Waals surface area contributed by atoms with Crippen LogP contribution in [0, 0.1) is 0 Å². The Kier molecular flexibility index (Phi) is 3.38. The van der Waals surface area contributed by atoms with E-state index >= 15 is 0 Å². The van der Waals surface area contributed by atoms with Crippen LogP contribution in [0.25, 0.3) is 0 Å². The van der Waals surface area contributed by atoms with Gasteiger partial charge in [0.1, 0.15) is 0 Å². The van der Waals surface area contributed by atoms with Crippen molar-refractivity contribution in [2.45, 2.75) is 9.76 Å². The zero-order valence-corrected chi connectivity index (χ0v) is 10.0. The topological polar surface area (TPSA) is 63.1 Å². The average Bonchev–Trinajstić information content (AvgIpc) is 2.57. The van der Waals surface area contributed by atoms with Crippen molar-refractivity contribution >= 4 is 16.9 Å². The summed E-state index contributed by atoms with van der Waals surface area (Å²) in [6, 6.07) is 10.1. The summed E-state index contributed by atoms with van der Waals surface area (Å²) in [5.41, 5.74) is 6.82. The molecule has 0 aliphatic carbocycles. The number of benzene rings is 1. The molecule has 0 radical (unpaired) electrons. The first-order valence-corrected chi connectivity index (χ1v) is 6.02. The van der Waals surface area contributed by atoms with Gasteiger partial charge < -0.3 is 0 Å². The Balaban J connectivity index is 1.93. The van der Waals surface area contributed by atoms with Crippen LogP contribution in [0.4, 0.5) is 0 Å². The van der Waals surface area contributed by atoms with E-state index in [1.165, 1.54) is 17.3 Å². The van der Waals surface area contributed by atoms with Crippen molar-refractivity contribution in [2.24, 2.45) is 21.0 Å². The first-order chi connectivity index (χ1) is 7.16. The molecule has 4 nitrogen and oxygen atoms in total. The summed E-state index contributed by atoms with van der Waals surface area (Å²) in [4.78, 5) is 4.08. The van der Waals surface area contributed by atoms with E-state index in [-0.39, 0.29) is 0 Å². The molecule has 0 saturated heterocycles. The van der Waals surface area contributed by atoms with Crippen molar-refractivity contribution in [1.82, 2.24) is 0 Å². The van der Waals surface area contributed by atoms with Crippen LogP contribution >= 0.6 is 11.8 Å². The molecular formula is C9H9AgN4S. The maximum absolute atomic E-state index is 5.59. The van der Waals surface area contributed by atoms with Gasteiger partial charge in [0.2, 0.25) is 0 Å². The SMILES string of the molecule is N[C]1([Ag])N=NC(SCc2ccccc2)=N1. The first-order valence-electron chi connectivity index (χ1n) is 4.29. The molecule has 2 rings (SSSR count). The third-order valence-corrected chi connectivity index (χ3v) is 2.95. The van der Waals surface area contributed by atoms with E-state index in [2.05, 4.69) is 48.4 Å². The molecule has 0 saturated carbocycles. The van der Waals surface area contributed by atoms with Crippen LogP contribution in [0.3, 0.4) is 0 Å². The number of aliphatic imine (C=N–C) groups is 1. The van der Waals surface area contributed by atoms with Gasteiger partial charge in [-0.3, -0.25) is 0 Å². The van der Waals surface area contributed by atoms with Crippen LogP contribution in [0.2, 0.25) is 0 Å². The van der Waals surface area contributed by atoms with E-state index in [9.17, 15) is 0 Å². The van der Waals surface area contributed by atoms with Crippen molar-refractivity contribution in [3.05, 3.63) is 35.9 Å². The molecule has 0 spiro atoms. The normalized spacial score (nSPS) is 24.3. The van der Waals surface area contributed by atoms with Crippen molar-refractivity contribution in [1.29, 1.82) is 0 Å². The second kappa shape index (κ2) is 4.59. The molecule has 0 fully saturated rings. The number of hydrogen-bond donors (Lipinski definition) is 1. The van der Waals surface area contributed by atoms with Crippen LogP contribution in [0.15, 0.2) is 45.6 Å². The van der Waals surface area contributed by atoms with Crippen molar-refractivity contribution in [2.75, 3.05) is 0 Å². The van der Waals surface area contributed by atoms with Gasteiger partial charge in [0.25, 0.3) is 0 Å². The van der Waals surface area contributed by atoms with Crippen molar-refractivity contribution in [3.8, 4) is 0 Å². The van der Waals surface area contributed by atoms with Crippen molar-refractivity contribution in [3.63, 3.8) is 0 Å². The Morgan fingerprint density at radius 1 is 1.33 bits per heavy atom. The van der Waals surface area contributed by atoms with E-state index < -0.39 is 4.00 Å². The fraction of sp³-hybridized carbons (Fsp3) is 0.222. The zero-order chi connectivity index (χ0) is 10.7. The average molecular weight is 313 g/mol. The van der Waals surface area contributed by atoms with E-state index in [0.29, 0.717) is 5.17 Å². The van der Waals surface area contributed by atoms with E-state index in [1.54, 1.807) is 0 Å². The predicted octanol–water partition coefficient (Wildman–Crippen LogP) is 1.86. The van der Waals surface area contributed by atoms with E-state index in [0.717, 1.165) is 5.75 Å². The second-order valence-corrected chi connectivity index (χ2v) is 4.98. The third-order valence-electron chi connectivity index (χ3n) is 1.72. The summed E-state index contributed by atoms with van der Waals surface area (Å²) >= 11 is 4.66. The molecule has 1 aliphatic heterocycles. The number of nitrogens with zero attached hydrogens (tertiary/aromatic N) is 3. The van der Waals surface area contributed by atoms with Crippen LogP contribution < -0.4 is 5.73 Å². The molecule has 1 aromatic rings. The predicted molar refractivity (Wildman–Crippen MR) is 56.9 cm³/mol. The van der Waals surface area contributed by atoms with Crippen LogP contribution in [0.5, 0.6) is 0 Å². The fourth-order valence-corrected chi connectivity index (χ4v) is 2.19. The molecule has 1 aromatic carbocycles. The molecule has 6 heteroatoms. The van der Waals surface area contributed by atoms with E-state index in [4.69, 9.17) is 5.73 Å². The molecular weight excluding hydrogens is 304 g/mol. The summed E-state index contributed by atoms with van der Waals surface area (Å²) in [6.45, 7) is 0. The molecule has 0 bridgehead atoms. The molecule has 2 N–H and O–H groups in total. The van der Waals surface area contributed by atoms with Crippen LogP contribution in [0.1, 0.15) is 5.56 Å². The molecule has 0 aromatic heterocycles. The molecule has 1 aliphatic rings. The van der Waals surface area contributed by atoms with Gasteiger partial charge >= 0.3 is 105 Å². The fourth-order valence-electron chi connectivity index (χ4n) is 1.06. The number of azo groups is 1. The monoisotopic (exact) mass is 312 g/mol.